The van der Waals surface area contributed by atoms with Crippen molar-refractivity contribution in [1.82, 2.24) is 0 Å². The molecule has 6 nitrogen and oxygen atoms in total. The zero-order valence-corrected chi connectivity index (χ0v) is 10.1. The minimum atomic E-state index is -0.874. The molecule has 0 N–H and O–H groups in total. The maximum atomic E-state index is 11.6. The molecule has 1 aromatic heterocycles. The molecule has 0 saturated carbocycles. The lowest BCUT2D eigenvalue weighted by Crippen LogP contribution is -2.05. The first kappa shape index (κ1) is 12.3. The average Bonchev–Trinajstić information content (AvgIpc) is 2.98. The van der Waals surface area contributed by atoms with Crippen LogP contribution in [-0.4, -0.2) is 24.0 Å². The topological polar surface area (TPSA) is 90.7 Å². The van der Waals surface area contributed by atoms with Gasteiger partial charge >= 0.3 is 11.9 Å². The maximum Gasteiger partial charge on any atom is 0.324 e. The molecule has 6 heteroatoms. The van der Waals surface area contributed by atoms with E-state index in [9.17, 15) is 19.2 Å². The molecule has 1 aliphatic rings. The van der Waals surface area contributed by atoms with Crippen molar-refractivity contribution in [2.75, 3.05) is 0 Å². The van der Waals surface area contributed by atoms with E-state index in [0.29, 0.717) is 10.8 Å². The van der Waals surface area contributed by atoms with Crippen LogP contribution in [-0.2, 0) is 19.1 Å². The standard InChI is InChI=1S/C14H8O6/c15-6-10(16)13-8-4-2-1-3-7(8)12(20-13)9-5-11(17)19-14(9)18/h1-4,6,9H,5H2. The minimum absolute atomic E-state index is 0.127. The number of carbonyl (C=O) groups is 4. The molecule has 3 rings (SSSR count). The van der Waals surface area contributed by atoms with Gasteiger partial charge in [0.1, 0.15) is 11.7 Å². The fourth-order valence-electron chi connectivity index (χ4n) is 2.29. The van der Waals surface area contributed by atoms with Gasteiger partial charge < -0.3 is 9.15 Å². The molecule has 100 valence electrons. The Hall–Kier alpha value is -2.76. The van der Waals surface area contributed by atoms with Crippen molar-refractivity contribution in [2.45, 2.75) is 12.3 Å². The van der Waals surface area contributed by atoms with Crippen molar-refractivity contribution in [2.24, 2.45) is 0 Å². The number of aldehydes is 1. The summed E-state index contributed by atoms with van der Waals surface area (Å²) in [6, 6.07) is 6.66. The Bertz CT molecular complexity index is 754. The van der Waals surface area contributed by atoms with Gasteiger partial charge in [-0.05, 0) is 0 Å². The molecule has 20 heavy (non-hydrogen) atoms. The molecule has 0 amide bonds. The van der Waals surface area contributed by atoms with Crippen LogP contribution >= 0.6 is 0 Å². The van der Waals surface area contributed by atoms with Crippen molar-refractivity contribution in [1.29, 1.82) is 0 Å². The quantitative estimate of drug-likeness (QED) is 0.275. The molecule has 0 spiro atoms. The summed E-state index contributed by atoms with van der Waals surface area (Å²) in [4.78, 5) is 45.0. The number of esters is 2. The van der Waals surface area contributed by atoms with E-state index in [-0.39, 0.29) is 24.2 Å². The summed E-state index contributed by atoms with van der Waals surface area (Å²) < 4.78 is 9.87. The highest BCUT2D eigenvalue weighted by molar-refractivity contribution is 6.35. The Morgan fingerprint density at radius 3 is 2.50 bits per heavy atom. The van der Waals surface area contributed by atoms with Gasteiger partial charge in [0.25, 0.3) is 5.78 Å². The van der Waals surface area contributed by atoms with Gasteiger partial charge in [0.05, 0.1) is 6.42 Å². The van der Waals surface area contributed by atoms with Gasteiger partial charge in [-0.25, -0.2) is 0 Å². The smallest absolute Gasteiger partial charge is 0.324 e. The van der Waals surface area contributed by atoms with Crippen LogP contribution < -0.4 is 0 Å². The molecular formula is C14H8O6. The Kier molecular flexibility index (Phi) is 2.71. The van der Waals surface area contributed by atoms with E-state index < -0.39 is 23.6 Å². The van der Waals surface area contributed by atoms with E-state index in [2.05, 4.69) is 4.74 Å². The highest BCUT2D eigenvalue weighted by Gasteiger charge is 2.39. The number of ether oxygens (including phenoxy) is 1. The molecule has 0 bridgehead atoms. The second kappa shape index (κ2) is 4.41. The second-order valence-electron chi connectivity index (χ2n) is 4.37. The van der Waals surface area contributed by atoms with E-state index in [4.69, 9.17) is 4.42 Å². The Labute approximate surface area is 112 Å². The van der Waals surface area contributed by atoms with E-state index in [1.54, 1.807) is 24.3 Å². The molecule has 1 fully saturated rings. The number of cyclic esters (lactones) is 2. The van der Waals surface area contributed by atoms with Crippen LogP contribution in [0.4, 0.5) is 0 Å². The Morgan fingerprint density at radius 1 is 1.20 bits per heavy atom. The van der Waals surface area contributed by atoms with Crippen LogP contribution in [0.3, 0.4) is 0 Å². The summed E-state index contributed by atoms with van der Waals surface area (Å²) in [7, 11) is 0. The highest BCUT2D eigenvalue weighted by atomic mass is 16.6. The van der Waals surface area contributed by atoms with Gasteiger partial charge in [0, 0.05) is 10.8 Å². The monoisotopic (exact) mass is 272 g/mol. The fourth-order valence-corrected chi connectivity index (χ4v) is 2.29. The molecule has 2 heterocycles. The molecule has 1 aromatic carbocycles. The van der Waals surface area contributed by atoms with E-state index >= 15 is 0 Å². The Morgan fingerprint density at radius 2 is 1.90 bits per heavy atom. The molecule has 0 aliphatic carbocycles. The number of hydrogen-bond donors (Lipinski definition) is 0. The number of furan rings is 1. The summed E-state index contributed by atoms with van der Waals surface area (Å²) in [6.07, 6.45) is 0.0121. The third kappa shape index (κ3) is 1.73. The number of benzene rings is 1. The van der Waals surface area contributed by atoms with Crippen molar-refractivity contribution >= 4 is 34.8 Å². The van der Waals surface area contributed by atoms with Gasteiger partial charge in [-0.2, -0.15) is 0 Å². The first-order valence-electron chi connectivity index (χ1n) is 5.87. The summed E-state index contributed by atoms with van der Waals surface area (Å²) in [5, 5.41) is 0.959. The lowest BCUT2D eigenvalue weighted by atomic mass is 10.0. The lowest BCUT2D eigenvalue weighted by molar-refractivity contribution is -0.152. The number of Topliss-reactive ketones (excluding diaryl/α,β-unsaturated/α-hetero) is 1. The van der Waals surface area contributed by atoms with Crippen molar-refractivity contribution in [3.8, 4) is 0 Å². The largest absolute Gasteiger partial charge is 0.455 e. The number of fused-ring (bicyclic) bond motifs is 1. The fraction of sp³-hybridized carbons (Fsp3) is 0.143. The number of carbonyl (C=O) groups excluding carboxylic acids is 4. The minimum Gasteiger partial charge on any atom is -0.455 e. The molecule has 2 aromatic rings. The van der Waals surface area contributed by atoms with E-state index in [1.807, 2.05) is 0 Å². The maximum absolute atomic E-state index is 11.6. The van der Waals surface area contributed by atoms with Crippen LogP contribution in [0.15, 0.2) is 28.7 Å². The molecule has 0 radical (unpaired) electrons. The summed E-state index contributed by atoms with van der Waals surface area (Å²) >= 11 is 0. The van der Waals surface area contributed by atoms with Gasteiger partial charge in [-0.1, -0.05) is 24.3 Å². The zero-order valence-electron chi connectivity index (χ0n) is 10.1. The lowest BCUT2D eigenvalue weighted by Gasteiger charge is -2.00. The van der Waals surface area contributed by atoms with Crippen LogP contribution in [0.5, 0.6) is 0 Å². The van der Waals surface area contributed by atoms with E-state index in [0.717, 1.165) is 0 Å². The number of rotatable bonds is 3. The summed E-state index contributed by atoms with van der Waals surface area (Å²) in [6.45, 7) is 0. The Balaban J connectivity index is 2.21. The van der Waals surface area contributed by atoms with Crippen LogP contribution in [0, 0.1) is 0 Å². The molecule has 1 unspecified atom stereocenters. The van der Waals surface area contributed by atoms with Gasteiger partial charge in [0.2, 0.25) is 0 Å². The van der Waals surface area contributed by atoms with Crippen LogP contribution in [0.1, 0.15) is 28.7 Å². The second-order valence-corrected chi connectivity index (χ2v) is 4.37. The number of ketones is 1. The molecule has 1 atom stereocenters. The zero-order chi connectivity index (χ0) is 14.3. The molecule has 1 saturated heterocycles. The predicted molar refractivity (Wildman–Crippen MR) is 65.1 cm³/mol. The van der Waals surface area contributed by atoms with Crippen molar-refractivity contribution in [3.05, 3.63) is 35.8 Å². The first-order valence-corrected chi connectivity index (χ1v) is 5.87. The van der Waals surface area contributed by atoms with Crippen molar-refractivity contribution in [3.63, 3.8) is 0 Å². The molecule has 1 aliphatic heterocycles. The third-order valence-corrected chi connectivity index (χ3v) is 3.17. The van der Waals surface area contributed by atoms with Crippen LogP contribution in [0.25, 0.3) is 10.8 Å². The molecular weight excluding hydrogens is 264 g/mol. The SMILES string of the molecule is O=CC(=O)c1oc(C2CC(=O)OC2=O)c2ccccc12. The van der Waals surface area contributed by atoms with E-state index in [1.165, 1.54) is 0 Å². The predicted octanol–water partition coefficient (Wildman–Crippen LogP) is 1.37. The summed E-state index contributed by atoms with van der Waals surface area (Å²) in [5.41, 5.74) is 0. The highest BCUT2D eigenvalue weighted by Crippen LogP contribution is 2.36. The van der Waals surface area contributed by atoms with Gasteiger partial charge in [0.15, 0.2) is 12.0 Å². The number of hydrogen-bond acceptors (Lipinski definition) is 6. The van der Waals surface area contributed by atoms with Crippen LogP contribution in [0.2, 0.25) is 0 Å². The average molecular weight is 272 g/mol. The first-order chi connectivity index (χ1) is 9.61. The third-order valence-electron chi connectivity index (χ3n) is 3.17. The summed E-state index contributed by atoms with van der Waals surface area (Å²) in [5.74, 6) is -2.98. The normalized spacial score (nSPS) is 18.3. The van der Waals surface area contributed by atoms with Crippen molar-refractivity contribution < 1.29 is 28.3 Å². The van der Waals surface area contributed by atoms with Gasteiger partial charge in [-0.3, -0.25) is 19.2 Å². The van der Waals surface area contributed by atoms with Gasteiger partial charge in [-0.15, -0.1) is 0 Å².